The molecule has 176 valence electrons. The molecule has 1 N–H and O–H groups in total. The zero-order chi connectivity index (χ0) is 23.6. The highest BCUT2D eigenvalue weighted by molar-refractivity contribution is 6.30. The van der Waals surface area contributed by atoms with Crippen molar-refractivity contribution >= 4 is 23.7 Å². The van der Waals surface area contributed by atoms with Crippen molar-refractivity contribution in [1.82, 2.24) is 15.2 Å². The molecule has 0 radical (unpaired) electrons. The summed E-state index contributed by atoms with van der Waals surface area (Å²) in [6.45, 7) is 5.30. The van der Waals surface area contributed by atoms with E-state index in [0.717, 1.165) is 54.6 Å². The number of ether oxygens (including phenoxy) is 1. The van der Waals surface area contributed by atoms with Gasteiger partial charge in [0, 0.05) is 37.7 Å². The lowest BCUT2D eigenvalue weighted by atomic mass is 10.2. The zero-order valence-electron chi connectivity index (χ0n) is 19.1. The molecule has 1 saturated heterocycles. The van der Waals surface area contributed by atoms with Crippen molar-refractivity contribution in [3.05, 3.63) is 101 Å². The Morgan fingerprint density at radius 1 is 0.912 bits per heavy atom. The standard InChI is InChI=1S/C27H29ClN4O2/c28-25-11-9-22(10-12-25)19-31-13-15-32(16-14-31)20-27(33)30-29-18-24-7-4-8-26(17-24)34-21-23-5-2-1-3-6-23/h1-12,17-18H,13-16,19-21H2,(H,30,33). The maximum atomic E-state index is 12.3. The van der Waals surface area contributed by atoms with E-state index in [2.05, 4.69) is 32.5 Å². The number of nitrogens with zero attached hydrogens (tertiary/aromatic N) is 3. The van der Waals surface area contributed by atoms with Gasteiger partial charge >= 0.3 is 0 Å². The lowest BCUT2D eigenvalue weighted by Crippen LogP contribution is -2.48. The van der Waals surface area contributed by atoms with Gasteiger partial charge in [-0.15, -0.1) is 0 Å². The first-order chi connectivity index (χ1) is 16.6. The van der Waals surface area contributed by atoms with Crippen LogP contribution in [0, 0.1) is 0 Å². The minimum Gasteiger partial charge on any atom is -0.489 e. The third-order valence-electron chi connectivity index (χ3n) is 5.66. The van der Waals surface area contributed by atoms with E-state index in [9.17, 15) is 4.79 Å². The van der Waals surface area contributed by atoms with Gasteiger partial charge in [-0.25, -0.2) is 5.43 Å². The molecule has 4 rings (SSSR count). The van der Waals surface area contributed by atoms with Crippen LogP contribution in [0.3, 0.4) is 0 Å². The van der Waals surface area contributed by atoms with E-state index in [-0.39, 0.29) is 5.91 Å². The number of hydrogen-bond acceptors (Lipinski definition) is 5. The summed E-state index contributed by atoms with van der Waals surface area (Å²) >= 11 is 5.96. The molecule has 1 aliphatic heterocycles. The first-order valence-electron chi connectivity index (χ1n) is 11.4. The predicted octanol–water partition coefficient (Wildman–Crippen LogP) is 4.19. The molecule has 7 heteroatoms. The molecule has 1 heterocycles. The summed E-state index contributed by atoms with van der Waals surface area (Å²) in [4.78, 5) is 16.9. The molecule has 1 aliphatic rings. The minimum atomic E-state index is -0.112. The molecule has 1 amide bonds. The monoisotopic (exact) mass is 476 g/mol. The fourth-order valence-electron chi connectivity index (χ4n) is 3.80. The van der Waals surface area contributed by atoms with Crippen molar-refractivity contribution in [2.24, 2.45) is 5.10 Å². The molecular weight excluding hydrogens is 448 g/mol. The molecule has 0 bridgehead atoms. The molecule has 0 saturated carbocycles. The van der Waals surface area contributed by atoms with E-state index in [4.69, 9.17) is 16.3 Å². The molecule has 0 aliphatic carbocycles. The number of amides is 1. The second-order valence-electron chi connectivity index (χ2n) is 8.32. The second-order valence-corrected chi connectivity index (χ2v) is 8.76. The molecule has 1 fully saturated rings. The molecule has 0 aromatic heterocycles. The smallest absolute Gasteiger partial charge is 0.254 e. The van der Waals surface area contributed by atoms with Crippen LogP contribution in [-0.4, -0.2) is 54.6 Å². The quantitative estimate of drug-likeness (QED) is 0.371. The molecule has 0 unspecified atom stereocenters. The van der Waals surface area contributed by atoms with E-state index in [1.165, 1.54) is 5.56 Å². The minimum absolute atomic E-state index is 0.112. The SMILES string of the molecule is O=C(CN1CCN(Cc2ccc(Cl)cc2)CC1)NN=Cc1cccc(OCc2ccccc2)c1. The Kier molecular flexibility index (Phi) is 8.68. The van der Waals surface area contributed by atoms with Crippen LogP contribution in [-0.2, 0) is 17.9 Å². The average molecular weight is 477 g/mol. The molecule has 34 heavy (non-hydrogen) atoms. The van der Waals surface area contributed by atoms with Crippen LogP contribution in [0.1, 0.15) is 16.7 Å². The second kappa shape index (κ2) is 12.3. The number of piperazine rings is 1. The molecule has 6 nitrogen and oxygen atoms in total. The number of benzene rings is 3. The number of nitrogens with one attached hydrogen (secondary N) is 1. The summed E-state index contributed by atoms with van der Waals surface area (Å²) in [6.07, 6.45) is 1.64. The van der Waals surface area contributed by atoms with E-state index >= 15 is 0 Å². The third kappa shape index (κ3) is 7.70. The maximum Gasteiger partial charge on any atom is 0.254 e. The fourth-order valence-corrected chi connectivity index (χ4v) is 3.92. The largest absolute Gasteiger partial charge is 0.489 e. The normalized spacial score (nSPS) is 14.9. The van der Waals surface area contributed by atoms with Gasteiger partial charge < -0.3 is 4.74 Å². The van der Waals surface area contributed by atoms with E-state index < -0.39 is 0 Å². The van der Waals surface area contributed by atoms with Crippen LogP contribution in [0.5, 0.6) is 5.75 Å². The zero-order valence-corrected chi connectivity index (χ0v) is 19.8. The van der Waals surface area contributed by atoms with Crippen LogP contribution in [0.25, 0.3) is 0 Å². The first kappa shape index (κ1) is 24.0. The van der Waals surface area contributed by atoms with E-state index in [0.29, 0.717) is 13.2 Å². The highest BCUT2D eigenvalue weighted by atomic mass is 35.5. The van der Waals surface area contributed by atoms with Crippen LogP contribution in [0.2, 0.25) is 5.02 Å². The Labute approximate surface area is 205 Å². The molecular formula is C27H29ClN4O2. The lowest BCUT2D eigenvalue weighted by Gasteiger charge is -2.34. The Hall–Kier alpha value is -3.19. The van der Waals surface area contributed by atoms with Gasteiger partial charge in [-0.1, -0.05) is 66.2 Å². The summed E-state index contributed by atoms with van der Waals surface area (Å²) < 4.78 is 5.85. The summed E-state index contributed by atoms with van der Waals surface area (Å²) in [6, 6.07) is 25.6. The third-order valence-corrected chi connectivity index (χ3v) is 5.91. The Morgan fingerprint density at radius 3 is 2.41 bits per heavy atom. The summed E-state index contributed by atoms with van der Waals surface area (Å²) in [5.74, 6) is 0.648. The van der Waals surface area contributed by atoms with Crippen molar-refractivity contribution in [1.29, 1.82) is 0 Å². The summed E-state index contributed by atoms with van der Waals surface area (Å²) in [7, 11) is 0. The van der Waals surface area contributed by atoms with Crippen LogP contribution < -0.4 is 10.2 Å². The van der Waals surface area contributed by atoms with Gasteiger partial charge in [0.25, 0.3) is 5.91 Å². The van der Waals surface area contributed by atoms with Crippen molar-refractivity contribution in [2.45, 2.75) is 13.2 Å². The van der Waals surface area contributed by atoms with Crippen LogP contribution in [0.4, 0.5) is 0 Å². The van der Waals surface area contributed by atoms with Crippen molar-refractivity contribution in [2.75, 3.05) is 32.7 Å². The fraction of sp³-hybridized carbons (Fsp3) is 0.259. The first-order valence-corrected chi connectivity index (χ1v) is 11.8. The van der Waals surface area contributed by atoms with Crippen molar-refractivity contribution < 1.29 is 9.53 Å². The van der Waals surface area contributed by atoms with Gasteiger partial charge in [0.05, 0.1) is 12.8 Å². The van der Waals surface area contributed by atoms with Crippen molar-refractivity contribution in [3.63, 3.8) is 0 Å². The number of hydrazone groups is 1. The highest BCUT2D eigenvalue weighted by Gasteiger charge is 2.18. The maximum absolute atomic E-state index is 12.3. The lowest BCUT2D eigenvalue weighted by molar-refractivity contribution is -0.122. The van der Waals surface area contributed by atoms with Gasteiger partial charge in [0.15, 0.2) is 0 Å². The summed E-state index contributed by atoms with van der Waals surface area (Å²) in [5, 5.41) is 4.87. The predicted molar refractivity (Wildman–Crippen MR) is 136 cm³/mol. The number of carbonyl (C=O) groups excluding carboxylic acids is 1. The highest BCUT2D eigenvalue weighted by Crippen LogP contribution is 2.15. The van der Waals surface area contributed by atoms with Gasteiger partial charge in [-0.2, -0.15) is 5.10 Å². The number of rotatable bonds is 9. The Bertz CT molecular complexity index is 1080. The molecule has 3 aromatic carbocycles. The summed E-state index contributed by atoms with van der Waals surface area (Å²) in [5.41, 5.74) is 5.86. The number of hydrogen-bond donors (Lipinski definition) is 1. The van der Waals surface area contributed by atoms with Crippen LogP contribution >= 0.6 is 11.6 Å². The van der Waals surface area contributed by atoms with E-state index in [1.807, 2.05) is 66.7 Å². The van der Waals surface area contributed by atoms with Crippen molar-refractivity contribution in [3.8, 4) is 5.75 Å². The van der Waals surface area contributed by atoms with Crippen LogP contribution in [0.15, 0.2) is 84.0 Å². The molecule has 3 aromatic rings. The van der Waals surface area contributed by atoms with Gasteiger partial charge in [-0.3, -0.25) is 14.6 Å². The van der Waals surface area contributed by atoms with Gasteiger partial charge in [-0.05, 0) is 41.0 Å². The Balaban J connectivity index is 1.17. The van der Waals surface area contributed by atoms with Gasteiger partial charge in [0.2, 0.25) is 0 Å². The molecule has 0 spiro atoms. The number of carbonyl (C=O) groups is 1. The van der Waals surface area contributed by atoms with Gasteiger partial charge in [0.1, 0.15) is 12.4 Å². The average Bonchev–Trinajstić information content (AvgIpc) is 2.86. The topological polar surface area (TPSA) is 57.2 Å². The Morgan fingerprint density at radius 2 is 1.65 bits per heavy atom. The number of halogens is 1. The van der Waals surface area contributed by atoms with E-state index in [1.54, 1.807) is 6.21 Å². The molecule has 0 atom stereocenters.